The Bertz CT molecular complexity index is 527. The molecule has 1 aromatic carbocycles. The summed E-state index contributed by atoms with van der Waals surface area (Å²) in [5.74, 6) is 0.0345. The lowest BCUT2D eigenvalue weighted by atomic mass is 10.0. The molecule has 0 radical (unpaired) electrons. The number of benzene rings is 1. The maximum atomic E-state index is 11.0. The number of carbonyl (C=O) groups is 1. The molecule has 1 saturated heterocycles. The number of nitrogens with one attached hydrogen (secondary N) is 1. The van der Waals surface area contributed by atoms with Gasteiger partial charge in [0.05, 0.1) is 12.5 Å². The summed E-state index contributed by atoms with van der Waals surface area (Å²) in [4.78, 5) is 13.3. The highest BCUT2D eigenvalue weighted by Gasteiger charge is 2.20. The Morgan fingerprint density at radius 3 is 2.80 bits per heavy atom. The van der Waals surface area contributed by atoms with Crippen molar-refractivity contribution in [2.24, 2.45) is 0 Å². The van der Waals surface area contributed by atoms with Gasteiger partial charge in [0.25, 0.3) is 0 Å². The molecule has 106 valence electrons. The van der Waals surface area contributed by atoms with Gasteiger partial charge in [-0.2, -0.15) is 5.26 Å². The van der Waals surface area contributed by atoms with E-state index in [1.54, 1.807) is 6.92 Å². The number of nitrogen functional groups attached to an aromatic ring is 1. The van der Waals surface area contributed by atoms with Crippen molar-refractivity contribution < 1.29 is 4.79 Å². The van der Waals surface area contributed by atoms with Crippen molar-refractivity contribution in [3.05, 3.63) is 23.8 Å². The van der Waals surface area contributed by atoms with E-state index in [1.165, 1.54) is 0 Å². The van der Waals surface area contributed by atoms with Crippen LogP contribution in [0.1, 0.15) is 25.3 Å². The van der Waals surface area contributed by atoms with E-state index in [9.17, 15) is 4.79 Å². The van der Waals surface area contributed by atoms with Crippen LogP contribution in [0.5, 0.6) is 0 Å². The van der Waals surface area contributed by atoms with Crippen molar-refractivity contribution in [1.29, 1.82) is 5.26 Å². The van der Waals surface area contributed by atoms with Gasteiger partial charge in [0.15, 0.2) is 0 Å². The van der Waals surface area contributed by atoms with E-state index in [-0.39, 0.29) is 11.9 Å². The minimum Gasteiger partial charge on any atom is -0.398 e. The lowest BCUT2D eigenvalue weighted by Gasteiger charge is -2.34. The van der Waals surface area contributed by atoms with E-state index in [0.29, 0.717) is 12.1 Å². The number of nitriles is 1. The second-order valence-electron chi connectivity index (χ2n) is 5.18. The van der Waals surface area contributed by atoms with E-state index in [1.807, 2.05) is 18.2 Å². The maximum Gasteiger partial charge on any atom is 0.217 e. The van der Waals surface area contributed by atoms with Crippen molar-refractivity contribution in [3.8, 4) is 6.07 Å². The number of anilines is 2. The molecule has 1 fully saturated rings. The van der Waals surface area contributed by atoms with E-state index < -0.39 is 0 Å². The number of piperidine rings is 1. The van der Waals surface area contributed by atoms with Gasteiger partial charge < -0.3 is 16.0 Å². The van der Waals surface area contributed by atoms with Crippen molar-refractivity contribution >= 4 is 17.3 Å². The molecule has 5 heteroatoms. The molecule has 0 spiro atoms. The number of rotatable bonds is 3. The van der Waals surface area contributed by atoms with Crippen LogP contribution in [0, 0.1) is 11.3 Å². The highest BCUT2D eigenvalue weighted by molar-refractivity contribution is 5.73. The van der Waals surface area contributed by atoms with Crippen LogP contribution < -0.4 is 16.0 Å². The molecule has 0 bridgehead atoms. The summed E-state index contributed by atoms with van der Waals surface area (Å²) in [6.45, 7) is 3.36. The van der Waals surface area contributed by atoms with Gasteiger partial charge in [0.1, 0.15) is 0 Å². The van der Waals surface area contributed by atoms with Crippen LogP contribution in [-0.4, -0.2) is 25.0 Å². The van der Waals surface area contributed by atoms with Crippen LogP contribution in [0.3, 0.4) is 0 Å². The van der Waals surface area contributed by atoms with Gasteiger partial charge in [-0.3, -0.25) is 4.79 Å². The third-order valence-electron chi connectivity index (χ3n) is 3.66. The van der Waals surface area contributed by atoms with Crippen molar-refractivity contribution in [1.82, 2.24) is 5.32 Å². The summed E-state index contributed by atoms with van der Waals surface area (Å²) in [7, 11) is 0. The summed E-state index contributed by atoms with van der Waals surface area (Å²) >= 11 is 0. The molecule has 1 aliphatic rings. The number of nitrogens with zero attached hydrogens (tertiary/aromatic N) is 2. The molecule has 3 N–H and O–H groups in total. The molecular weight excluding hydrogens is 252 g/mol. The molecule has 1 heterocycles. The molecule has 1 aromatic rings. The van der Waals surface area contributed by atoms with E-state index in [0.717, 1.165) is 37.2 Å². The first-order valence-electron chi connectivity index (χ1n) is 6.87. The average Bonchev–Trinajstić information content (AvgIpc) is 2.42. The van der Waals surface area contributed by atoms with Gasteiger partial charge in [-0.25, -0.2) is 0 Å². The summed E-state index contributed by atoms with van der Waals surface area (Å²) in [6.07, 6.45) is 2.22. The van der Waals surface area contributed by atoms with Crippen LogP contribution in [-0.2, 0) is 11.2 Å². The lowest BCUT2D eigenvalue weighted by Crippen LogP contribution is -2.44. The van der Waals surface area contributed by atoms with Gasteiger partial charge in [-0.15, -0.1) is 0 Å². The van der Waals surface area contributed by atoms with Gasteiger partial charge >= 0.3 is 0 Å². The smallest absolute Gasteiger partial charge is 0.217 e. The van der Waals surface area contributed by atoms with Crippen molar-refractivity contribution in [2.45, 2.75) is 32.2 Å². The van der Waals surface area contributed by atoms with Crippen LogP contribution in [0.4, 0.5) is 11.4 Å². The van der Waals surface area contributed by atoms with Crippen LogP contribution in [0.25, 0.3) is 0 Å². The van der Waals surface area contributed by atoms with Gasteiger partial charge in [-0.05, 0) is 36.6 Å². The standard InChI is InChI=1S/C15H20N4O/c1-11(20)18-13-5-8-19(9-6-13)14-2-3-15(17)12(10-14)4-7-16/h2-3,10,13H,4-6,8-9,17H2,1H3,(H,18,20). The third kappa shape index (κ3) is 3.41. The molecule has 5 nitrogen and oxygen atoms in total. The monoisotopic (exact) mass is 272 g/mol. The van der Waals surface area contributed by atoms with Gasteiger partial charge in [0.2, 0.25) is 5.91 Å². The Balaban J connectivity index is 2.02. The number of nitrogens with two attached hydrogens (primary N) is 1. The topological polar surface area (TPSA) is 82.2 Å². The number of carbonyl (C=O) groups excluding carboxylic acids is 1. The molecular formula is C15H20N4O. The van der Waals surface area contributed by atoms with Gasteiger partial charge in [-0.1, -0.05) is 0 Å². The summed E-state index contributed by atoms with van der Waals surface area (Å²) in [6, 6.07) is 8.27. The van der Waals surface area contributed by atoms with E-state index in [4.69, 9.17) is 11.0 Å². The fourth-order valence-electron chi connectivity index (χ4n) is 2.60. The highest BCUT2D eigenvalue weighted by Crippen LogP contribution is 2.24. The predicted octanol–water partition coefficient (Wildman–Crippen LogP) is 1.44. The Morgan fingerprint density at radius 2 is 2.20 bits per heavy atom. The van der Waals surface area contributed by atoms with Crippen LogP contribution in [0.2, 0.25) is 0 Å². The Morgan fingerprint density at radius 1 is 1.50 bits per heavy atom. The average molecular weight is 272 g/mol. The molecule has 1 aliphatic heterocycles. The molecule has 20 heavy (non-hydrogen) atoms. The van der Waals surface area contributed by atoms with E-state index >= 15 is 0 Å². The fourth-order valence-corrected chi connectivity index (χ4v) is 2.60. The molecule has 2 rings (SSSR count). The largest absolute Gasteiger partial charge is 0.398 e. The van der Waals surface area contributed by atoms with Crippen molar-refractivity contribution in [2.75, 3.05) is 23.7 Å². The second-order valence-corrected chi connectivity index (χ2v) is 5.18. The summed E-state index contributed by atoms with van der Waals surface area (Å²) in [5, 5.41) is 11.8. The van der Waals surface area contributed by atoms with Crippen LogP contribution >= 0.6 is 0 Å². The molecule has 0 unspecified atom stereocenters. The minimum atomic E-state index is 0.0345. The second kappa shape index (κ2) is 6.29. The zero-order valence-electron chi connectivity index (χ0n) is 11.7. The molecule has 0 aliphatic carbocycles. The SMILES string of the molecule is CC(=O)NC1CCN(c2ccc(N)c(CC#N)c2)CC1. The number of hydrogen-bond acceptors (Lipinski definition) is 4. The Labute approximate surface area is 119 Å². The predicted molar refractivity (Wildman–Crippen MR) is 79.2 cm³/mol. The molecule has 1 amide bonds. The first kappa shape index (κ1) is 14.2. The number of amides is 1. The zero-order chi connectivity index (χ0) is 14.5. The Hall–Kier alpha value is -2.22. The highest BCUT2D eigenvalue weighted by atomic mass is 16.1. The molecule has 0 atom stereocenters. The fraction of sp³-hybridized carbons (Fsp3) is 0.467. The first-order chi connectivity index (χ1) is 9.60. The lowest BCUT2D eigenvalue weighted by molar-refractivity contribution is -0.119. The maximum absolute atomic E-state index is 11.0. The van der Waals surface area contributed by atoms with Crippen LogP contribution in [0.15, 0.2) is 18.2 Å². The minimum absolute atomic E-state index is 0.0345. The molecule has 0 aromatic heterocycles. The quantitative estimate of drug-likeness (QED) is 0.816. The first-order valence-corrected chi connectivity index (χ1v) is 6.87. The number of hydrogen-bond donors (Lipinski definition) is 2. The third-order valence-corrected chi connectivity index (χ3v) is 3.66. The van der Waals surface area contributed by atoms with E-state index in [2.05, 4.69) is 16.3 Å². The summed E-state index contributed by atoms with van der Waals surface area (Å²) in [5.41, 5.74) is 8.52. The summed E-state index contributed by atoms with van der Waals surface area (Å²) < 4.78 is 0. The normalized spacial score (nSPS) is 15.7. The zero-order valence-corrected chi connectivity index (χ0v) is 11.7. The molecule has 0 saturated carbocycles. The van der Waals surface area contributed by atoms with Crippen molar-refractivity contribution in [3.63, 3.8) is 0 Å². The van der Waals surface area contributed by atoms with Gasteiger partial charge in [0, 0.05) is 37.4 Å². The Kier molecular flexibility index (Phi) is 4.46.